The molecule has 0 amide bonds. The molecule has 1 aromatic rings. The first-order valence-electron chi connectivity index (χ1n) is 9.15. The summed E-state index contributed by atoms with van der Waals surface area (Å²) in [5.41, 5.74) is -1.24. The molecule has 0 aliphatic rings. The van der Waals surface area contributed by atoms with Gasteiger partial charge in [0.2, 0.25) is 0 Å². The lowest BCUT2D eigenvalue weighted by Gasteiger charge is -2.26. The van der Waals surface area contributed by atoms with Crippen LogP contribution in [0, 0.1) is 5.41 Å². The summed E-state index contributed by atoms with van der Waals surface area (Å²) in [4.78, 5) is 25.2. The number of hydrogen-bond acceptors (Lipinski definition) is 4. The number of hydrogen-bond donors (Lipinski definition) is 0. The van der Waals surface area contributed by atoms with Gasteiger partial charge in [0.25, 0.3) is 0 Å². The zero-order chi connectivity index (χ0) is 18.7. The normalized spacial score (nSPS) is 11.2. The van der Waals surface area contributed by atoms with Crippen molar-refractivity contribution in [2.24, 2.45) is 5.41 Å². The van der Waals surface area contributed by atoms with Crippen LogP contribution in [0.1, 0.15) is 65.7 Å². The number of halogens is 1. The first-order valence-corrected chi connectivity index (χ1v) is 9.94. The molecule has 0 spiro atoms. The Morgan fingerprint density at radius 1 is 0.920 bits per heavy atom. The summed E-state index contributed by atoms with van der Waals surface area (Å²) >= 11 is 3.34. The van der Waals surface area contributed by atoms with Gasteiger partial charge >= 0.3 is 11.9 Å². The summed E-state index contributed by atoms with van der Waals surface area (Å²) in [6.07, 6.45) is 6.10. The van der Waals surface area contributed by atoms with E-state index >= 15 is 0 Å². The highest BCUT2D eigenvalue weighted by atomic mass is 79.9. The van der Waals surface area contributed by atoms with Gasteiger partial charge in [-0.15, -0.1) is 0 Å². The van der Waals surface area contributed by atoms with Crippen LogP contribution in [0.2, 0.25) is 0 Å². The molecule has 0 aromatic heterocycles. The van der Waals surface area contributed by atoms with Crippen molar-refractivity contribution in [2.45, 2.75) is 65.7 Å². The van der Waals surface area contributed by atoms with Crippen molar-refractivity contribution in [1.82, 2.24) is 0 Å². The lowest BCUT2D eigenvalue weighted by atomic mass is 9.82. The molecular formula is C20H29BrO4. The van der Waals surface area contributed by atoms with E-state index in [1.54, 1.807) is 24.3 Å². The van der Waals surface area contributed by atoms with E-state index in [2.05, 4.69) is 22.9 Å². The van der Waals surface area contributed by atoms with Crippen LogP contribution in [0.3, 0.4) is 0 Å². The Morgan fingerprint density at radius 2 is 1.52 bits per heavy atom. The Labute approximate surface area is 159 Å². The molecule has 140 valence electrons. The van der Waals surface area contributed by atoms with Gasteiger partial charge in [0.1, 0.15) is 5.75 Å². The van der Waals surface area contributed by atoms with Gasteiger partial charge in [-0.25, -0.2) is 0 Å². The van der Waals surface area contributed by atoms with Crippen LogP contribution >= 0.6 is 15.9 Å². The fraction of sp³-hybridized carbons (Fsp3) is 0.600. The SMILES string of the molecule is CCCCCCCOC(=O)C(CC)(CC)C(=O)Oc1ccc(Br)cc1. The van der Waals surface area contributed by atoms with E-state index in [9.17, 15) is 9.59 Å². The summed E-state index contributed by atoms with van der Waals surface area (Å²) < 4.78 is 11.7. The summed E-state index contributed by atoms with van der Waals surface area (Å²) in [5.74, 6) is -0.599. The minimum absolute atomic E-state index is 0.355. The Hall–Kier alpha value is -1.36. The smallest absolute Gasteiger partial charge is 0.328 e. The molecule has 0 fully saturated rings. The summed E-state index contributed by atoms with van der Waals surface area (Å²) in [7, 11) is 0. The summed E-state index contributed by atoms with van der Waals surface area (Å²) in [6.45, 7) is 6.15. The Balaban J connectivity index is 2.65. The number of ether oxygens (including phenoxy) is 2. The number of benzene rings is 1. The van der Waals surface area contributed by atoms with Crippen LogP contribution in [-0.4, -0.2) is 18.5 Å². The van der Waals surface area contributed by atoms with Crippen molar-refractivity contribution in [3.63, 3.8) is 0 Å². The third kappa shape index (κ3) is 6.46. The zero-order valence-electron chi connectivity index (χ0n) is 15.5. The van der Waals surface area contributed by atoms with Gasteiger partial charge in [0, 0.05) is 4.47 Å². The van der Waals surface area contributed by atoms with Crippen molar-refractivity contribution in [3.05, 3.63) is 28.7 Å². The van der Waals surface area contributed by atoms with Gasteiger partial charge in [-0.2, -0.15) is 0 Å². The van der Waals surface area contributed by atoms with Gasteiger partial charge in [-0.3, -0.25) is 9.59 Å². The molecule has 0 aliphatic heterocycles. The third-order valence-electron chi connectivity index (χ3n) is 4.49. The highest BCUT2D eigenvalue weighted by Crippen LogP contribution is 2.31. The second kappa shape index (κ2) is 11.3. The Kier molecular flexibility index (Phi) is 9.79. The maximum Gasteiger partial charge on any atom is 0.328 e. The quantitative estimate of drug-likeness (QED) is 0.203. The minimum atomic E-state index is -1.24. The fourth-order valence-electron chi connectivity index (χ4n) is 2.63. The molecule has 1 rings (SSSR count). The minimum Gasteiger partial charge on any atom is -0.465 e. The average Bonchev–Trinajstić information content (AvgIpc) is 2.61. The summed E-state index contributed by atoms with van der Waals surface area (Å²) in [5, 5.41) is 0. The second-order valence-electron chi connectivity index (χ2n) is 6.18. The number of carbonyl (C=O) groups excluding carboxylic acids is 2. The molecule has 1 aromatic carbocycles. The van der Waals surface area contributed by atoms with Crippen molar-refractivity contribution < 1.29 is 19.1 Å². The van der Waals surface area contributed by atoms with Crippen LogP contribution in [0.4, 0.5) is 0 Å². The van der Waals surface area contributed by atoms with Crippen molar-refractivity contribution >= 4 is 27.9 Å². The van der Waals surface area contributed by atoms with E-state index in [1.165, 1.54) is 12.8 Å². The standard InChI is InChI=1S/C20H29BrO4/c1-4-7-8-9-10-15-24-18(22)20(5-2,6-3)19(23)25-17-13-11-16(21)12-14-17/h11-14H,4-10,15H2,1-3H3. The molecule has 5 heteroatoms. The van der Waals surface area contributed by atoms with Crippen molar-refractivity contribution in [2.75, 3.05) is 6.61 Å². The van der Waals surface area contributed by atoms with Crippen LogP contribution in [0.5, 0.6) is 5.75 Å². The molecule has 25 heavy (non-hydrogen) atoms. The number of unbranched alkanes of at least 4 members (excludes halogenated alkanes) is 4. The highest BCUT2D eigenvalue weighted by molar-refractivity contribution is 9.10. The van der Waals surface area contributed by atoms with E-state index < -0.39 is 17.4 Å². The monoisotopic (exact) mass is 412 g/mol. The number of rotatable bonds is 11. The topological polar surface area (TPSA) is 52.6 Å². The molecular weight excluding hydrogens is 384 g/mol. The molecule has 0 atom stereocenters. The van der Waals surface area contributed by atoms with E-state index in [4.69, 9.17) is 9.47 Å². The van der Waals surface area contributed by atoms with E-state index in [0.717, 1.165) is 23.7 Å². The maximum absolute atomic E-state index is 12.7. The van der Waals surface area contributed by atoms with Crippen molar-refractivity contribution in [1.29, 1.82) is 0 Å². The summed E-state index contributed by atoms with van der Waals surface area (Å²) in [6, 6.07) is 6.96. The molecule has 0 heterocycles. The van der Waals surface area contributed by atoms with Crippen LogP contribution in [0.25, 0.3) is 0 Å². The third-order valence-corrected chi connectivity index (χ3v) is 5.02. The van der Waals surface area contributed by atoms with Gasteiger partial charge in [0.15, 0.2) is 5.41 Å². The largest absolute Gasteiger partial charge is 0.465 e. The van der Waals surface area contributed by atoms with Gasteiger partial charge in [-0.05, 0) is 43.5 Å². The average molecular weight is 413 g/mol. The van der Waals surface area contributed by atoms with E-state index in [1.807, 2.05) is 13.8 Å². The highest BCUT2D eigenvalue weighted by Gasteiger charge is 2.46. The molecule has 0 N–H and O–H groups in total. The maximum atomic E-state index is 12.7. The number of carbonyl (C=O) groups is 2. The fourth-order valence-corrected chi connectivity index (χ4v) is 2.89. The molecule has 0 aliphatic carbocycles. The second-order valence-corrected chi connectivity index (χ2v) is 7.10. The lowest BCUT2D eigenvalue weighted by molar-refractivity contribution is -0.168. The molecule has 0 saturated heterocycles. The van der Waals surface area contributed by atoms with Gasteiger partial charge < -0.3 is 9.47 Å². The lowest BCUT2D eigenvalue weighted by Crippen LogP contribution is -2.42. The first-order chi connectivity index (χ1) is 12.0. The van der Waals surface area contributed by atoms with Crippen molar-refractivity contribution in [3.8, 4) is 5.75 Å². The molecule has 0 bridgehead atoms. The molecule has 4 nitrogen and oxygen atoms in total. The van der Waals surface area contributed by atoms with E-state index in [0.29, 0.717) is 25.2 Å². The van der Waals surface area contributed by atoms with Crippen LogP contribution in [0.15, 0.2) is 28.7 Å². The predicted octanol–water partition coefficient (Wildman–Crippen LogP) is 5.67. The van der Waals surface area contributed by atoms with Gasteiger partial charge in [-0.1, -0.05) is 62.4 Å². The predicted molar refractivity (Wildman–Crippen MR) is 103 cm³/mol. The first kappa shape index (κ1) is 21.7. The van der Waals surface area contributed by atoms with E-state index in [-0.39, 0.29) is 0 Å². The number of esters is 2. The molecule has 0 unspecified atom stereocenters. The Bertz CT molecular complexity index is 535. The molecule has 0 radical (unpaired) electrons. The van der Waals surface area contributed by atoms with Gasteiger partial charge in [0.05, 0.1) is 6.61 Å². The molecule has 0 saturated carbocycles. The Morgan fingerprint density at radius 3 is 2.08 bits per heavy atom. The van der Waals surface area contributed by atoms with Crippen LogP contribution < -0.4 is 4.74 Å². The zero-order valence-corrected chi connectivity index (χ0v) is 17.1. The van der Waals surface area contributed by atoms with Crippen LogP contribution in [-0.2, 0) is 14.3 Å².